The van der Waals surface area contributed by atoms with Crippen molar-refractivity contribution >= 4 is 5.91 Å². The first kappa shape index (κ1) is 19.0. The number of rotatable bonds is 6. The van der Waals surface area contributed by atoms with Crippen LogP contribution in [0, 0.1) is 0 Å². The molecule has 29 heavy (non-hydrogen) atoms. The summed E-state index contributed by atoms with van der Waals surface area (Å²) >= 11 is 0. The van der Waals surface area contributed by atoms with Gasteiger partial charge in [-0.05, 0) is 51.1 Å². The summed E-state index contributed by atoms with van der Waals surface area (Å²) in [5, 5.41) is 2.86. The van der Waals surface area contributed by atoms with Crippen molar-refractivity contribution < 1.29 is 14.3 Å². The first-order chi connectivity index (χ1) is 14.0. The Kier molecular flexibility index (Phi) is 5.20. The van der Waals surface area contributed by atoms with E-state index in [1.807, 2.05) is 51.1 Å². The zero-order chi connectivity index (χ0) is 20.4. The van der Waals surface area contributed by atoms with Crippen molar-refractivity contribution in [3.05, 3.63) is 47.8 Å². The second kappa shape index (κ2) is 7.95. The summed E-state index contributed by atoms with van der Waals surface area (Å²) in [6, 6.07) is 9.38. The van der Waals surface area contributed by atoms with Gasteiger partial charge in [-0.3, -0.25) is 4.79 Å². The molecule has 1 amide bonds. The van der Waals surface area contributed by atoms with Crippen LogP contribution < -0.4 is 14.8 Å². The Labute approximate surface area is 169 Å². The quantitative estimate of drug-likeness (QED) is 0.669. The van der Waals surface area contributed by atoms with Crippen molar-refractivity contribution in [2.45, 2.75) is 33.3 Å². The first-order valence-electron chi connectivity index (χ1n) is 9.82. The third-order valence-electron chi connectivity index (χ3n) is 4.60. The molecule has 0 unspecified atom stereocenters. The van der Waals surface area contributed by atoms with Gasteiger partial charge in [-0.25, -0.2) is 9.97 Å². The van der Waals surface area contributed by atoms with Gasteiger partial charge in [0.25, 0.3) is 5.91 Å². The van der Waals surface area contributed by atoms with E-state index in [2.05, 4.69) is 15.3 Å². The Hall–Kier alpha value is -3.35. The Morgan fingerprint density at radius 2 is 2.03 bits per heavy atom. The lowest BCUT2D eigenvalue weighted by Gasteiger charge is -2.15. The normalized spacial score (nSPS) is 13.2. The number of carbonyl (C=O) groups is 1. The Morgan fingerprint density at radius 1 is 1.17 bits per heavy atom. The monoisotopic (exact) mass is 392 g/mol. The summed E-state index contributed by atoms with van der Waals surface area (Å²) in [5.74, 6) is 1.89. The van der Waals surface area contributed by atoms with Crippen LogP contribution in [0.4, 0.5) is 0 Å². The maximum absolute atomic E-state index is 12.0. The molecule has 0 aliphatic carbocycles. The van der Waals surface area contributed by atoms with E-state index in [9.17, 15) is 4.79 Å². The molecule has 150 valence electrons. The van der Waals surface area contributed by atoms with Crippen LogP contribution in [-0.2, 0) is 6.42 Å². The van der Waals surface area contributed by atoms with Gasteiger partial charge in [0.05, 0.1) is 29.7 Å². The number of H-pyrrole nitrogens is 1. The molecule has 0 fully saturated rings. The molecule has 3 heterocycles. The molecule has 0 spiro atoms. The van der Waals surface area contributed by atoms with Gasteiger partial charge >= 0.3 is 0 Å². The van der Waals surface area contributed by atoms with Crippen LogP contribution in [0.5, 0.6) is 11.5 Å². The molecular weight excluding hydrogens is 368 g/mol. The van der Waals surface area contributed by atoms with Crippen LogP contribution in [0.2, 0.25) is 0 Å². The van der Waals surface area contributed by atoms with Crippen LogP contribution in [0.25, 0.3) is 22.8 Å². The molecule has 0 bridgehead atoms. The summed E-state index contributed by atoms with van der Waals surface area (Å²) in [7, 11) is 0. The summed E-state index contributed by atoms with van der Waals surface area (Å²) < 4.78 is 11.6. The average molecular weight is 392 g/mol. The molecule has 7 nitrogen and oxygen atoms in total. The minimum Gasteiger partial charge on any atom is -0.490 e. The number of carbonyl (C=O) groups excluding carboxylic acids is 1. The van der Waals surface area contributed by atoms with Crippen molar-refractivity contribution in [2.75, 3.05) is 13.2 Å². The van der Waals surface area contributed by atoms with E-state index < -0.39 is 0 Å². The lowest BCUT2D eigenvalue weighted by atomic mass is 10.1. The summed E-state index contributed by atoms with van der Waals surface area (Å²) in [4.78, 5) is 24.5. The van der Waals surface area contributed by atoms with Crippen LogP contribution in [-0.4, -0.2) is 40.1 Å². The number of hydrogen-bond donors (Lipinski definition) is 2. The number of aromatic amines is 1. The second-order valence-corrected chi connectivity index (χ2v) is 7.11. The molecule has 1 aromatic carbocycles. The van der Waals surface area contributed by atoms with Crippen molar-refractivity contribution in [1.82, 2.24) is 20.3 Å². The molecule has 3 aromatic rings. The number of nitrogens with one attached hydrogen (secondary N) is 2. The molecule has 1 aliphatic rings. The van der Waals surface area contributed by atoms with E-state index in [0.717, 1.165) is 29.1 Å². The average Bonchev–Trinajstić information content (AvgIpc) is 3.15. The number of ether oxygens (including phenoxy) is 2. The number of amides is 1. The third-order valence-corrected chi connectivity index (χ3v) is 4.60. The minimum absolute atomic E-state index is 0.0508. The zero-order valence-corrected chi connectivity index (χ0v) is 16.8. The molecular formula is C22H24N4O3. The Bertz CT molecular complexity index is 1040. The molecule has 1 aliphatic heterocycles. The first-order valence-corrected chi connectivity index (χ1v) is 9.82. The summed E-state index contributed by atoms with van der Waals surface area (Å²) in [6.07, 6.45) is 2.56. The standard InChI is InChI=1S/C22H24N4O3/c1-4-28-20-11-14(5-6-19(20)29-13(2)3)21-23-9-8-17(26-21)18-12-15-16(25-18)7-10-24-22(15)27/h5-6,8-9,11-13,25H,4,7,10H2,1-3H3,(H,24,27). The molecule has 0 saturated carbocycles. The fraction of sp³-hybridized carbons (Fsp3) is 0.318. The van der Waals surface area contributed by atoms with Gasteiger partial charge < -0.3 is 19.8 Å². The van der Waals surface area contributed by atoms with Gasteiger partial charge in [0.2, 0.25) is 0 Å². The molecule has 2 aromatic heterocycles. The van der Waals surface area contributed by atoms with E-state index in [-0.39, 0.29) is 12.0 Å². The highest BCUT2D eigenvalue weighted by Crippen LogP contribution is 2.33. The fourth-order valence-electron chi connectivity index (χ4n) is 3.35. The number of nitrogens with zero attached hydrogens (tertiary/aromatic N) is 2. The van der Waals surface area contributed by atoms with Gasteiger partial charge in [0.15, 0.2) is 17.3 Å². The number of hydrogen-bond acceptors (Lipinski definition) is 5. The predicted molar refractivity (Wildman–Crippen MR) is 110 cm³/mol. The molecule has 7 heteroatoms. The third kappa shape index (κ3) is 3.94. The van der Waals surface area contributed by atoms with Crippen molar-refractivity contribution in [2.24, 2.45) is 0 Å². The molecule has 2 N–H and O–H groups in total. The highest BCUT2D eigenvalue weighted by atomic mass is 16.5. The van der Waals surface area contributed by atoms with Crippen molar-refractivity contribution in [3.8, 4) is 34.3 Å². The second-order valence-electron chi connectivity index (χ2n) is 7.11. The number of fused-ring (bicyclic) bond motifs is 1. The minimum atomic E-state index is -0.0508. The maximum atomic E-state index is 12.0. The van der Waals surface area contributed by atoms with E-state index in [1.165, 1.54) is 0 Å². The topological polar surface area (TPSA) is 89.1 Å². The van der Waals surface area contributed by atoms with Crippen molar-refractivity contribution in [1.29, 1.82) is 0 Å². The Morgan fingerprint density at radius 3 is 2.79 bits per heavy atom. The lowest BCUT2D eigenvalue weighted by molar-refractivity contribution is 0.0946. The van der Waals surface area contributed by atoms with E-state index in [0.29, 0.717) is 36.0 Å². The lowest BCUT2D eigenvalue weighted by Crippen LogP contribution is -2.31. The predicted octanol–water partition coefficient (Wildman–Crippen LogP) is 3.61. The Balaban J connectivity index is 1.69. The molecule has 4 rings (SSSR count). The van der Waals surface area contributed by atoms with E-state index >= 15 is 0 Å². The molecule has 0 saturated heterocycles. The van der Waals surface area contributed by atoms with Crippen LogP contribution in [0.1, 0.15) is 36.8 Å². The van der Waals surface area contributed by atoms with Crippen molar-refractivity contribution in [3.63, 3.8) is 0 Å². The zero-order valence-electron chi connectivity index (χ0n) is 16.8. The smallest absolute Gasteiger partial charge is 0.253 e. The maximum Gasteiger partial charge on any atom is 0.253 e. The van der Waals surface area contributed by atoms with Gasteiger partial charge in [-0.2, -0.15) is 0 Å². The highest BCUT2D eigenvalue weighted by molar-refractivity contribution is 5.97. The van der Waals surface area contributed by atoms with Gasteiger partial charge in [-0.1, -0.05) is 0 Å². The SMILES string of the molecule is CCOc1cc(-c2nccc(-c3cc4c([nH]3)CCNC4=O)n2)ccc1OC(C)C. The van der Waals surface area contributed by atoms with E-state index in [1.54, 1.807) is 6.20 Å². The van der Waals surface area contributed by atoms with Gasteiger partial charge in [0.1, 0.15) is 0 Å². The van der Waals surface area contributed by atoms with Gasteiger partial charge in [-0.15, -0.1) is 0 Å². The molecule has 0 radical (unpaired) electrons. The molecule has 0 atom stereocenters. The number of benzene rings is 1. The fourth-order valence-corrected chi connectivity index (χ4v) is 3.35. The van der Waals surface area contributed by atoms with Crippen LogP contribution in [0.3, 0.4) is 0 Å². The van der Waals surface area contributed by atoms with E-state index in [4.69, 9.17) is 14.5 Å². The van der Waals surface area contributed by atoms with Crippen LogP contribution in [0.15, 0.2) is 36.5 Å². The summed E-state index contributed by atoms with van der Waals surface area (Å²) in [6.45, 7) is 7.08. The highest BCUT2D eigenvalue weighted by Gasteiger charge is 2.20. The summed E-state index contributed by atoms with van der Waals surface area (Å²) in [5.41, 5.74) is 4.00. The largest absolute Gasteiger partial charge is 0.490 e. The number of aromatic nitrogens is 3. The van der Waals surface area contributed by atoms with Crippen LogP contribution >= 0.6 is 0 Å². The van der Waals surface area contributed by atoms with Gasteiger partial charge in [0, 0.05) is 30.4 Å².